The Hall–Kier alpha value is -2.84. The first-order chi connectivity index (χ1) is 12.1. The number of nitrogens with zero attached hydrogens (tertiary/aromatic N) is 3. The molecule has 1 aliphatic heterocycles. The molecular weight excluding hydrogens is 326 g/mol. The van der Waals surface area contributed by atoms with Crippen molar-refractivity contribution in [1.29, 1.82) is 0 Å². The van der Waals surface area contributed by atoms with Crippen molar-refractivity contribution in [2.45, 2.75) is 38.9 Å². The van der Waals surface area contributed by atoms with Crippen molar-refractivity contribution in [3.8, 4) is 0 Å². The number of nitrogens with one attached hydrogen (secondary N) is 2. The van der Waals surface area contributed by atoms with Gasteiger partial charge in [-0.1, -0.05) is 6.42 Å². The van der Waals surface area contributed by atoms with Gasteiger partial charge in [-0.05, 0) is 18.9 Å². The van der Waals surface area contributed by atoms with E-state index in [0.29, 0.717) is 25.3 Å². The first-order valence-corrected chi connectivity index (χ1v) is 8.41. The molecule has 25 heavy (non-hydrogen) atoms. The quantitative estimate of drug-likeness (QED) is 0.824. The van der Waals surface area contributed by atoms with Gasteiger partial charge in [0.1, 0.15) is 0 Å². The van der Waals surface area contributed by atoms with Crippen molar-refractivity contribution in [2.75, 3.05) is 6.54 Å². The van der Waals surface area contributed by atoms with Crippen molar-refractivity contribution >= 4 is 11.8 Å². The Labute approximate surface area is 142 Å². The first-order valence-electron chi connectivity index (χ1n) is 8.41. The van der Waals surface area contributed by atoms with E-state index in [1.807, 2.05) is 15.6 Å². The molecule has 132 valence electrons. The van der Waals surface area contributed by atoms with Crippen LogP contribution in [0.25, 0.3) is 0 Å². The number of carbonyl (C=O) groups is 2. The van der Waals surface area contributed by atoms with Gasteiger partial charge in [0, 0.05) is 12.5 Å². The van der Waals surface area contributed by atoms with Crippen molar-refractivity contribution in [3.63, 3.8) is 0 Å². The molecule has 0 radical (unpaired) electrons. The molecule has 1 saturated carbocycles. The normalized spacial score (nSPS) is 17.0. The number of aromatic amines is 1. The van der Waals surface area contributed by atoms with Crippen LogP contribution in [0.2, 0.25) is 0 Å². The van der Waals surface area contributed by atoms with Crippen LogP contribution >= 0.6 is 0 Å². The van der Waals surface area contributed by atoms with E-state index in [1.54, 1.807) is 0 Å². The fraction of sp³-hybridized carbons (Fsp3) is 0.500. The number of fused-ring (bicyclic) bond motifs is 1. The van der Waals surface area contributed by atoms with Gasteiger partial charge in [-0.2, -0.15) is 10.3 Å². The molecule has 0 spiro atoms. The summed E-state index contributed by atoms with van der Waals surface area (Å²) in [6.07, 6.45) is 3.15. The first kappa shape index (κ1) is 15.7. The second-order valence-electron chi connectivity index (χ2n) is 6.50. The summed E-state index contributed by atoms with van der Waals surface area (Å²) in [5.41, 5.74) is 1.22. The molecular formula is C16H19N5O4. The summed E-state index contributed by atoms with van der Waals surface area (Å²) in [7, 11) is 0. The Morgan fingerprint density at radius 1 is 1.32 bits per heavy atom. The summed E-state index contributed by atoms with van der Waals surface area (Å²) in [6, 6.07) is 2.99. The molecule has 9 nitrogen and oxygen atoms in total. The van der Waals surface area contributed by atoms with Crippen LogP contribution < -0.4 is 10.9 Å². The van der Waals surface area contributed by atoms with Gasteiger partial charge in [0.2, 0.25) is 11.7 Å². The van der Waals surface area contributed by atoms with Crippen LogP contribution in [0.5, 0.6) is 0 Å². The summed E-state index contributed by atoms with van der Waals surface area (Å²) in [4.78, 5) is 37.1. The summed E-state index contributed by atoms with van der Waals surface area (Å²) < 4.78 is 6.63. The maximum Gasteiger partial charge on any atom is 0.290 e. The van der Waals surface area contributed by atoms with E-state index in [4.69, 9.17) is 4.52 Å². The Morgan fingerprint density at radius 2 is 2.16 bits per heavy atom. The van der Waals surface area contributed by atoms with E-state index in [9.17, 15) is 14.4 Å². The third-order valence-electron chi connectivity index (χ3n) is 4.79. The zero-order valence-corrected chi connectivity index (χ0v) is 13.7. The van der Waals surface area contributed by atoms with Gasteiger partial charge < -0.3 is 14.7 Å². The third-order valence-corrected chi connectivity index (χ3v) is 4.79. The fourth-order valence-electron chi connectivity index (χ4n) is 3.17. The topological polar surface area (TPSA) is 113 Å². The van der Waals surface area contributed by atoms with Gasteiger partial charge in [0.15, 0.2) is 0 Å². The number of aromatic nitrogens is 3. The largest absolute Gasteiger partial charge is 0.373 e. The highest BCUT2D eigenvalue weighted by Gasteiger charge is 2.31. The number of H-pyrrole nitrogens is 1. The van der Waals surface area contributed by atoms with Crippen LogP contribution in [0.15, 0.2) is 21.5 Å². The molecule has 0 saturated heterocycles. The Bertz CT molecular complexity index is 860. The average Bonchev–Trinajstić information content (AvgIpc) is 3.15. The minimum absolute atomic E-state index is 0.0637. The van der Waals surface area contributed by atoms with Gasteiger partial charge >= 0.3 is 0 Å². The standard InChI is InChI=1S/C16H19N5O4/c22-14-7-13(25-19-14)15(23)17-8-11-6-12-9-20(4-5-21(12)18-11)16(24)10-2-1-3-10/h6-7,10H,1-5,8-9H2,(H,17,23)(H,19,22). The Morgan fingerprint density at radius 3 is 2.84 bits per heavy atom. The minimum atomic E-state index is -0.480. The summed E-state index contributed by atoms with van der Waals surface area (Å²) >= 11 is 0. The second kappa shape index (κ2) is 6.23. The van der Waals surface area contributed by atoms with Gasteiger partial charge in [-0.3, -0.25) is 19.1 Å². The molecule has 2 aliphatic rings. The van der Waals surface area contributed by atoms with Gasteiger partial charge in [-0.25, -0.2) is 0 Å². The summed E-state index contributed by atoms with van der Waals surface area (Å²) in [5.74, 6) is -0.0994. The molecule has 0 aromatic carbocycles. The molecule has 2 aromatic heterocycles. The van der Waals surface area contributed by atoms with E-state index in [1.165, 1.54) is 0 Å². The van der Waals surface area contributed by atoms with Crippen molar-refractivity contribution < 1.29 is 14.1 Å². The molecule has 1 fully saturated rings. The highest BCUT2D eigenvalue weighted by atomic mass is 16.5. The Balaban J connectivity index is 1.37. The van der Waals surface area contributed by atoms with E-state index in [2.05, 4.69) is 15.6 Å². The average molecular weight is 345 g/mol. The van der Waals surface area contributed by atoms with E-state index >= 15 is 0 Å². The second-order valence-corrected chi connectivity index (χ2v) is 6.50. The number of hydrogen-bond acceptors (Lipinski definition) is 5. The fourth-order valence-corrected chi connectivity index (χ4v) is 3.17. The predicted octanol–water partition coefficient (Wildman–Crippen LogP) is 0.237. The monoisotopic (exact) mass is 345 g/mol. The molecule has 0 atom stereocenters. The SMILES string of the molecule is O=C(NCc1cc2n(n1)CCN(C(=O)C1CCC1)C2)c1cc(=O)[nH]o1. The Kier molecular flexibility index (Phi) is 3.90. The zero-order chi connectivity index (χ0) is 17.4. The van der Waals surface area contributed by atoms with Gasteiger partial charge in [0.25, 0.3) is 11.5 Å². The predicted molar refractivity (Wildman–Crippen MR) is 85.5 cm³/mol. The summed E-state index contributed by atoms with van der Waals surface area (Å²) in [6.45, 7) is 2.12. The lowest BCUT2D eigenvalue weighted by molar-refractivity contribution is -0.139. The maximum absolute atomic E-state index is 12.4. The van der Waals surface area contributed by atoms with E-state index < -0.39 is 11.5 Å². The molecule has 1 aliphatic carbocycles. The van der Waals surface area contributed by atoms with Crippen LogP contribution in [0.3, 0.4) is 0 Å². The van der Waals surface area contributed by atoms with E-state index in [0.717, 1.165) is 31.0 Å². The number of rotatable bonds is 4. The van der Waals surface area contributed by atoms with Gasteiger partial charge in [0.05, 0.1) is 37.1 Å². The lowest BCUT2D eigenvalue weighted by Gasteiger charge is -2.34. The van der Waals surface area contributed by atoms with Crippen LogP contribution in [0.1, 0.15) is 41.2 Å². The lowest BCUT2D eigenvalue weighted by Crippen LogP contribution is -2.43. The smallest absolute Gasteiger partial charge is 0.290 e. The lowest BCUT2D eigenvalue weighted by atomic mass is 9.84. The van der Waals surface area contributed by atoms with Crippen molar-refractivity contribution in [1.82, 2.24) is 25.2 Å². The zero-order valence-electron chi connectivity index (χ0n) is 13.7. The molecule has 0 bridgehead atoms. The molecule has 3 heterocycles. The molecule has 9 heteroatoms. The number of hydrogen-bond donors (Lipinski definition) is 2. The molecule has 2 aromatic rings. The van der Waals surface area contributed by atoms with Crippen LogP contribution in [-0.4, -0.2) is 38.2 Å². The molecule has 2 amide bonds. The molecule has 2 N–H and O–H groups in total. The van der Waals surface area contributed by atoms with Crippen molar-refractivity contribution in [3.05, 3.63) is 39.6 Å². The van der Waals surface area contributed by atoms with Crippen molar-refractivity contribution in [2.24, 2.45) is 5.92 Å². The molecule has 0 unspecified atom stereocenters. The number of carbonyl (C=O) groups excluding carboxylic acids is 2. The number of amides is 2. The third kappa shape index (κ3) is 3.09. The minimum Gasteiger partial charge on any atom is -0.373 e. The highest BCUT2D eigenvalue weighted by Crippen LogP contribution is 2.29. The van der Waals surface area contributed by atoms with E-state index in [-0.39, 0.29) is 24.1 Å². The van der Waals surface area contributed by atoms with Gasteiger partial charge in [-0.15, -0.1) is 0 Å². The summed E-state index contributed by atoms with van der Waals surface area (Å²) in [5, 5.41) is 9.19. The highest BCUT2D eigenvalue weighted by molar-refractivity contribution is 5.91. The van der Waals surface area contributed by atoms with Crippen LogP contribution in [-0.2, 0) is 24.4 Å². The molecule has 4 rings (SSSR count). The maximum atomic E-state index is 12.4. The van der Waals surface area contributed by atoms with Crippen LogP contribution in [0, 0.1) is 5.92 Å². The van der Waals surface area contributed by atoms with Crippen LogP contribution in [0.4, 0.5) is 0 Å².